The Morgan fingerprint density at radius 1 is 0.935 bits per heavy atom. The van der Waals surface area contributed by atoms with Gasteiger partial charge in [0, 0.05) is 12.2 Å². The summed E-state index contributed by atoms with van der Waals surface area (Å²) in [6, 6.07) is 24.1. The Morgan fingerprint density at radius 3 is 2.42 bits per heavy atom. The average molecular weight is 416 g/mol. The Bertz CT molecular complexity index is 1170. The highest BCUT2D eigenvalue weighted by Crippen LogP contribution is 2.23. The highest BCUT2D eigenvalue weighted by atomic mass is 19.1. The van der Waals surface area contributed by atoms with E-state index in [0.717, 1.165) is 41.8 Å². The number of halogens is 1. The van der Waals surface area contributed by atoms with Gasteiger partial charge >= 0.3 is 0 Å². The average Bonchev–Trinajstić information content (AvgIpc) is 3.17. The first-order chi connectivity index (χ1) is 15.2. The molecule has 0 N–H and O–H groups in total. The van der Waals surface area contributed by atoms with Crippen molar-refractivity contribution in [3.8, 4) is 5.69 Å². The van der Waals surface area contributed by atoms with Gasteiger partial charge in [-0.05, 0) is 42.8 Å². The van der Waals surface area contributed by atoms with E-state index in [1.165, 1.54) is 6.07 Å². The molecule has 4 nitrogen and oxygen atoms in total. The predicted molar refractivity (Wildman–Crippen MR) is 122 cm³/mol. The minimum absolute atomic E-state index is 0.0985. The fourth-order valence-corrected chi connectivity index (χ4v) is 3.83. The summed E-state index contributed by atoms with van der Waals surface area (Å²) in [6.07, 6.45) is 2.92. The van der Waals surface area contributed by atoms with Crippen LogP contribution >= 0.6 is 0 Å². The predicted octanol–water partition coefficient (Wildman–Crippen LogP) is 6.00. The van der Waals surface area contributed by atoms with E-state index in [1.807, 2.05) is 54.6 Å². The van der Waals surface area contributed by atoms with Crippen molar-refractivity contribution in [1.82, 2.24) is 14.5 Å². The van der Waals surface area contributed by atoms with Gasteiger partial charge < -0.3 is 4.90 Å². The Kier molecular flexibility index (Phi) is 6.41. The minimum Gasteiger partial charge on any atom is -0.331 e. The van der Waals surface area contributed by atoms with E-state index in [4.69, 9.17) is 4.98 Å². The molecule has 0 radical (unpaired) electrons. The highest BCUT2D eigenvalue weighted by Gasteiger charge is 2.22. The maximum atomic E-state index is 14.4. The van der Waals surface area contributed by atoms with Crippen molar-refractivity contribution in [2.24, 2.45) is 0 Å². The molecule has 0 fully saturated rings. The Labute approximate surface area is 182 Å². The topological polar surface area (TPSA) is 38.1 Å². The Morgan fingerprint density at radius 2 is 1.65 bits per heavy atom. The third kappa shape index (κ3) is 4.50. The lowest BCUT2D eigenvalue weighted by atomic mass is 10.1. The van der Waals surface area contributed by atoms with Crippen LogP contribution in [0, 0.1) is 5.82 Å². The molecule has 1 heterocycles. The number of unbranched alkanes of at least 4 members (excludes halogenated alkanes) is 2. The van der Waals surface area contributed by atoms with Crippen LogP contribution in [0.2, 0.25) is 0 Å². The molecule has 5 heteroatoms. The number of amides is 1. The summed E-state index contributed by atoms with van der Waals surface area (Å²) >= 11 is 0. The van der Waals surface area contributed by atoms with Crippen molar-refractivity contribution in [1.29, 1.82) is 0 Å². The molecule has 4 aromatic rings. The number of carbonyl (C=O) groups is 1. The molecule has 158 valence electrons. The van der Waals surface area contributed by atoms with Gasteiger partial charge in [0.25, 0.3) is 5.91 Å². The van der Waals surface area contributed by atoms with E-state index in [2.05, 4.69) is 11.5 Å². The monoisotopic (exact) mass is 415 g/mol. The standard InChI is InChI=1S/C26H26FN3O/c1-2-3-11-18-29(26(31)21-14-7-8-15-22(21)27)19-25-28-23-16-9-10-17-24(23)30(25)20-12-5-4-6-13-20/h4-10,12-17H,2-3,11,18-19H2,1H3. The quantitative estimate of drug-likeness (QED) is 0.331. The number of fused-ring (bicyclic) bond motifs is 1. The van der Waals surface area contributed by atoms with Gasteiger partial charge in [0.05, 0.1) is 23.1 Å². The Balaban J connectivity index is 1.74. The summed E-state index contributed by atoms with van der Waals surface area (Å²) in [5.74, 6) is -0.0426. The van der Waals surface area contributed by atoms with E-state index >= 15 is 0 Å². The van der Waals surface area contributed by atoms with Crippen LogP contribution in [0.1, 0.15) is 42.4 Å². The number of para-hydroxylation sites is 3. The van der Waals surface area contributed by atoms with Crippen LogP contribution in [-0.2, 0) is 6.54 Å². The van der Waals surface area contributed by atoms with Gasteiger partial charge in [-0.15, -0.1) is 0 Å². The molecule has 0 bridgehead atoms. The van der Waals surface area contributed by atoms with Crippen molar-refractivity contribution in [2.75, 3.05) is 6.54 Å². The molecule has 0 saturated carbocycles. The molecular weight excluding hydrogens is 389 g/mol. The van der Waals surface area contributed by atoms with Crippen molar-refractivity contribution in [2.45, 2.75) is 32.7 Å². The number of benzene rings is 3. The molecule has 0 saturated heterocycles. The summed E-state index contributed by atoms with van der Waals surface area (Å²) in [4.78, 5) is 19.8. The van der Waals surface area contributed by atoms with Crippen LogP contribution in [0.4, 0.5) is 4.39 Å². The van der Waals surface area contributed by atoms with Gasteiger partial charge in [-0.1, -0.05) is 62.2 Å². The number of nitrogens with zero attached hydrogens (tertiary/aromatic N) is 3. The van der Waals surface area contributed by atoms with Crippen molar-refractivity contribution in [3.63, 3.8) is 0 Å². The molecule has 31 heavy (non-hydrogen) atoms. The molecule has 1 aromatic heterocycles. The fraction of sp³-hybridized carbons (Fsp3) is 0.231. The zero-order valence-corrected chi connectivity index (χ0v) is 17.7. The minimum atomic E-state index is -0.496. The second-order valence-electron chi connectivity index (χ2n) is 7.60. The van der Waals surface area contributed by atoms with Crippen LogP contribution in [-0.4, -0.2) is 26.9 Å². The first-order valence-electron chi connectivity index (χ1n) is 10.7. The molecule has 4 rings (SSSR count). The van der Waals surface area contributed by atoms with Gasteiger partial charge in [-0.25, -0.2) is 9.37 Å². The lowest BCUT2D eigenvalue weighted by molar-refractivity contribution is 0.0730. The summed E-state index contributed by atoms with van der Waals surface area (Å²) < 4.78 is 16.5. The smallest absolute Gasteiger partial charge is 0.257 e. The fourth-order valence-electron chi connectivity index (χ4n) is 3.83. The van der Waals surface area contributed by atoms with Gasteiger partial charge in [-0.2, -0.15) is 0 Å². The van der Waals surface area contributed by atoms with E-state index in [1.54, 1.807) is 23.1 Å². The maximum absolute atomic E-state index is 14.4. The van der Waals surface area contributed by atoms with E-state index in [0.29, 0.717) is 13.1 Å². The first-order valence-corrected chi connectivity index (χ1v) is 10.7. The highest BCUT2D eigenvalue weighted by molar-refractivity contribution is 5.94. The second kappa shape index (κ2) is 9.56. The summed E-state index contributed by atoms with van der Waals surface area (Å²) in [5, 5.41) is 0. The van der Waals surface area contributed by atoms with Crippen LogP contribution < -0.4 is 0 Å². The number of rotatable bonds is 8. The van der Waals surface area contributed by atoms with Crippen molar-refractivity contribution in [3.05, 3.63) is 96.1 Å². The maximum Gasteiger partial charge on any atom is 0.257 e. The van der Waals surface area contributed by atoms with Crippen molar-refractivity contribution < 1.29 is 9.18 Å². The largest absolute Gasteiger partial charge is 0.331 e. The zero-order chi connectivity index (χ0) is 21.6. The molecule has 0 atom stereocenters. The van der Waals surface area contributed by atoms with Gasteiger partial charge in [0.15, 0.2) is 0 Å². The van der Waals surface area contributed by atoms with Crippen LogP contribution in [0.25, 0.3) is 16.7 Å². The lowest BCUT2D eigenvalue weighted by Crippen LogP contribution is -2.33. The molecule has 0 aliphatic rings. The third-order valence-corrected chi connectivity index (χ3v) is 5.40. The molecule has 0 aliphatic carbocycles. The van der Waals surface area contributed by atoms with E-state index in [9.17, 15) is 9.18 Å². The summed E-state index contributed by atoms with van der Waals surface area (Å²) in [5.41, 5.74) is 2.93. The number of hydrogen-bond donors (Lipinski definition) is 0. The number of aromatic nitrogens is 2. The third-order valence-electron chi connectivity index (χ3n) is 5.40. The number of imidazole rings is 1. The van der Waals surface area contributed by atoms with Crippen LogP contribution in [0.5, 0.6) is 0 Å². The van der Waals surface area contributed by atoms with Gasteiger partial charge in [-0.3, -0.25) is 9.36 Å². The Hall–Kier alpha value is -3.47. The number of hydrogen-bond acceptors (Lipinski definition) is 2. The summed E-state index contributed by atoms with van der Waals surface area (Å²) in [7, 11) is 0. The molecular formula is C26H26FN3O. The molecule has 0 unspecified atom stereocenters. The van der Waals surface area contributed by atoms with E-state index < -0.39 is 5.82 Å². The van der Waals surface area contributed by atoms with Crippen LogP contribution in [0.15, 0.2) is 78.9 Å². The van der Waals surface area contributed by atoms with E-state index in [-0.39, 0.29) is 11.5 Å². The first kappa shape index (κ1) is 20.8. The molecule has 0 aliphatic heterocycles. The zero-order valence-electron chi connectivity index (χ0n) is 17.7. The van der Waals surface area contributed by atoms with Crippen molar-refractivity contribution >= 4 is 16.9 Å². The van der Waals surface area contributed by atoms with Gasteiger partial charge in [0.1, 0.15) is 11.6 Å². The molecule has 1 amide bonds. The second-order valence-corrected chi connectivity index (χ2v) is 7.60. The lowest BCUT2D eigenvalue weighted by Gasteiger charge is -2.23. The SMILES string of the molecule is CCCCCN(Cc1nc2ccccc2n1-c1ccccc1)C(=O)c1ccccc1F. The molecule has 3 aromatic carbocycles. The normalized spacial score (nSPS) is 11.0. The number of carbonyl (C=O) groups excluding carboxylic acids is 1. The van der Waals surface area contributed by atoms with Gasteiger partial charge in [0.2, 0.25) is 0 Å². The molecule has 0 spiro atoms. The van der Waals surface area contributed by atoms with Crippen LogP contribution in [0.3, 0.4) is 0 Å². The summed E-state index contributed by atoms with van der Waals surface area (Å²) in [6.45, 7) is 2.98.